The van der Waals surface area contributed by atoms with Gasteiger partial charge in [-0.1, -0.05) is 0 Å². The predicted octanol–water partition coefficient (Wildman–Crippen LogP) is 2.66. The normalized spacial score (nSPS) is 11.4. The number of nitrogens with one attached hydrogen (secondary N) is 2. The third-order valence-electron chi connectivity index (χ3n) is 2.80. The summed E-state index contributed by atoms with van der Waals surface area (Å²) in [7, 11) is -2.20. The van der Waals surface area contributed by atoms with Crippen molar-refractivity contribution in [1.82, 2.24) is 4.72 Å². The van der Waals surface area contributed by atoms with Crippen LogP contribution in [0.2, 0.25) is 0 Å². The first kappa shape index (κ1) is 16.0. The van der Waals surface area contributed by atoms with E-state index in [4.69, 9.17) is 5.73 Å². The van der Waals surface area contributed by atoms with Crippen molar-refractivity contribution in [3.8, 4) is 0 Å². The first-order valence-corrected chi connectivity index (χ1v) is 8.45. The van der Waals surface area contributed by atoms with Crippen LogP contribution in [0.15, 0.2) is 41.3 Å². The standard InChI is InChI=1S/C13H13FIN3O2S/c1-17-21(19,20)9-3-5-13(11(16)7-9)18-12-4-2-8(14)6-10(12)15/h2-7,17-18H,16H2,1H3. The molecule has 0 saturated heterocycles. The monoisotopic (exact) mass is 421 g/mol. The van der Waals surface area contributed by atoms with Crippen LogP contribution in [0.4, 0.5) is 21.5 Å². The fraction of sp³-hybridized carbons (Fsp3) is 0.0769. The Labute approximate surface area is 135 Å². The van der Waals surface area contributed by atoms with E-state index in [9.17, 15) is 12.8 Å². The highest BCUT2D eigenvalue weighted by molar-refractivity contribution is 14.1. The van der Waals surface area contributed by atoms with Crippen molar-refractivity contribution >= 4 is 49.7 Å². The number of hydrogen-bond acceptors (Lipinski definition) is 4. The quantitative estimate of drug-likeness (QED) is 0.524. The molecule has 0 aromatic heterocycles. The highest BCUT2D eigenvalue weighted by Crippen LogP contribution is 2.28. The molecule has 4 N–H and O–H groups in total. The Morgan fingerprint density at radius 2 is 1.81 bits per heavy atom. The Kier molecular flexibility index (Phi) is 4.69. The van der Waals surface area contributed by atoms with Gasteiger partial charge in [0.05, 0.1) is 22.0 Å². The Bertz CT molecular complexity index is 781. The fourth-order valence-electron chi connectivity index (χ4n) is 1.68. The number of sulfonamides is 1. The molecule has 0 unspecified atom stereocenters. The minimum atomic E-state index is -3.53. The fourth-order valence-corrected chi connectivity index (χ4v) is 3.05. The van der Waals surface area contributed by atoms with E-state index in [-0.39, 0.29) is 16.4 Å². The topological polar surface area (TPSA) is 84.2 Å². The number of hydrogen-bond donors (Lipinski definition) is 3. The van der Waals surface area contributed by atoms with E-state index in [1.165, 1.54) is 31.3 Å². The number of benzene rings is 2. The smallest absolute Gasteiger partial charge is 0.240 e. The van der Waals surface area contributed by atoms with Gasteiger partial charge >= 0.3 is 0 Å². The summed E-state index contributed by atoms with van der Waals surface area (Å²) in [6, 6.07) is 8.69. The third kappa shape index (κ3) is 3.63. The maximum absolute atomic E-state index is 13.1. The first-order valence-electron chi connectivity index (χ1n) is 5.88. The largest absolute Gasteiger partial charge is 0.397 e. The van der Waals surface area contributed by atoms with Crippen molar-refractivity contribution in [1.29, 1.82) is 0 Å². The summed E-state index contributed by atoms with van der Waals surface area (Å²) >= 11 is 2.00. The van der Waals surface area contributed by atoms with Gasteiger partial charge in [0.15, 0.2) is 0 Å². The van der Waals surface area contributed by atoms with Crippen LogP contribution in [0, 0.1) is 9.39 Å². The van der Waals surface area contributed by atoms with Crippen molar-refractivity contribution in [2.75, 3.05) is 18.1 Å². The summed E-state index contributed by atoms with van der Waals surface area (Å²) in [5, 5.41) is 3.05. The van der Waals surface area contributed by atoms with Crippen molar-refractivity contribution in [3.63, 3.8) is 0 Å². The summed E-state index contributed by atoms with van der Waals surface area (Å²) in [6.07, 6.45) is 0. The maximum Gasteiger partial charge on any atom is 0.240 e. The van der Waals surface area contributed by atoms with Gasteiger partial charge in [0.2, 0.25) is 10.0 Å². The number of halogens is 2. The maximum atomic E-state index is 13.1. The average Bonchev–Trinajstić information content (AvgIpc) is 2.43. The van der Waals surface area contributed by atoms with Gasteiger partial charge in [0, 0.05) is 3.57 Å². The number of anilines is 3. The van der Waals surface area contributed by atoms with Crippen LogP contribution in [0.5, 0.6) is 0 Å². The minimum absolute atomic E-state index is 0.0850. The lowest BCUT2D eigenvalue weighted by Gasteiger charge is -2.12. The first-order chi connectivity index (χ1) is 9.83. The van der Waals surface area contributed by atoms with E-state index in [2.05, 4.69) is 10.0 Å². The molecule has 5 nitrogen and oxygen atoms in total. The molecule has 0 aliphatic carbocycles. The van der Waals surface area contributed by atoms with Crippen LogP contribution in [-0.4, -0.2) is 15.5 Å². The van der Waals surface area contributed by atoms with Gasteiger partial charge in [-0.2, -0.15) is 0 Å². The van der Waals surface area contributed by atoms with Crippen LogP contribution in [0.1, 0.15) is 0 Å². The molecule has 0 amide bonds. The van der Waals surface area contributed by atoms with Gasteiger partial charge < -0.3 is 11.1 Å². The van der Waals surface area contributed by atoms with Crippen molar-refractivity contribution in [3.05, 3.63) is 45.8 Å². The number of rotatable bonds is 4. The summed E-state index contributed by atoms with van der Waals surface area (Å²) in [4.78, 5) is 0.0850. The molecule has 0 saturated carbocycles. The summed E-state index contributed by atoms with van der Waals surface area (Å²) < 4.78 is 39.3. The second kappa shape index (κ2) is 6.16. The molecule has 2 rings (SSSR count). The van der Waals surface area contributed by atoms with Gasteiger partial charge in [-0.3, -0.25) is 0 Å². The Hall–Kier alpha value is -1.39. The lowest BCUT2D eigenvalue weighted by molar-refractivity contribution is 0.588. The second-order valence-electron chi connectivity index (χ2n) is 4.21. The molecule has 0 aliphatic heterocycles. The third-order valence-corrected chi connectivity index (χ3v) is 5.11. The molecular weight excluding hydrogens is 408 g/mol. The molecule has 0 fully saturated rings. The molecule has 112 valence electrons. The number of nitrogen functional groups attached to an aromatic ring is 1. The summed E-state index contributed by atoms with van der Waals surface area (Å²) in [5.74, 6) is -0.326. The van der Waals surface area contributed by atoms with E-state index in [0.29, 0.717) is 14.9 Å². The van der Waals surface area contributed by atoms with Gasteiger partial charge in [-0.25, -0.2) is 17.5 Å². The molecule has 21 heavy (non-hydrogen) atoms. The van der Waals surface area contributed by atoms with Crippen LogP contribution >= 0.6 is 22.6 Å². The highest BCUT2D eigenvalue weighted by atomic mass is 127. The van der Waals surface area contributed by atoms with Crippen molar-refractivity contribution in [2.45, 2.75) is 4.90 Å². The molecule has 0 heterocycles. The zero-order valence-electron chi connectivity index (χ0n) is 11.0. The van der Waals surface area contributed by atoms with Gasteiger partial charge in [-0.05, 0) is 66.0 Å². The Morgan fingerprint density at radius 1 is 1.14 bits per heavy atom. The van der Waals surface area contributed by atoms with Crippen LogP contribution < -0.4 is 15.8 Å². The SMILES string of the molecule is CNS(=O)(=O)c1ccc(Nc2ccc(F)cc2I)c(N)c1. The zero-order chi connectivity index (χ0) is 15.6. The van der Waals surface area contributed by atoms with E-state index in [1.807, 2.05) is 22.6 Å². The Morgan fingerprint density at radius 3 is 2.38 bits per heavy atom. The van der Waals surface area contributed by atoms with Crippen molar-refractivity contribution in [2.24, 2.45) is 0 Å². The van der Waals surface area contributed by atoms with Gasteiger partial charge in [0.25, 0.3) is 0 Å². The lowest BCUT2D eigenvalue weighted by Crippen LogP contribution is -2.18. The van der Waals surface area contributed by atoms with Crippen LogP contribution in [0.3, 0.4) is 0 Å². The molecule has 2 aromatic rings. The highest BCUT2D eigenvalue weighted by Gasteiger charge is 2.13. The van der Waals surface area contributed by atoms with Gasteiger partial charge in [-0.15, -0.1) is 0 Å². The van der Waals surface area contributed by atoms with E-state index in [0.717, 1.165) is 0 Å². The zero-order valence-corrected chi connectivity index (χ0v) is 14.0. The average molecular weight is 421 g/mol. The molecule has 0 radical (unpaired) electrons. The summed E-state index contributed by atoms with van der Waals surface area (Å²) in [6.45, 7) is 0. The van der Waals surface area contributed by atoms with Crippen LogP contribution in [0.25, 0.3) is 0 Å². The molecular formula is C13H13FIN3O2S. The molecule has 2 aromatic carbocycles. The molecule has 8 heteroatoms. The second-order valence-corrected chi connectivity index (χ2v) is 7.25. The van der Waals surface area contributed by atoms with E-state index >= 15 is 0 Å². The summed E-state index contributed by atoms with van der Waals surface area (Å²) in [5.41, 5.74) is 7.39. The molecule has 0 spiro atoms. The van der Waals surface area contributed by atoms with Gasteiger partial charge in [0.1, 0.15) is 5.82 Å². The molecule has 0 aliphatic rings. The molecule has 0 bridgehead atoms. The van der Waals surface area contributed by atoms with E-state index in [1.54, 1.807) is 12.1 Å². The minimum Gasteiger partial charge on any atom is -0.397 e. The predicted molar refractivity (Wildman–Crippen MR) is 89.5 cm³/mol. The van der Waals surface area contributed by atoms with Crippen LogP contribution in [-0.2, 0) is 10.0 Å². The molecule has 0 atom stereocenters. The van der Waals surface area contributed by atoms with E-state index < -0.39 is 10.0 Å². The lowest BCUT2D eigenvalue weighted by atomic mass is 10.2. The number of nitrogens with two attached hydrogens (primary N) is 1. The van der Waals surface area contributed by atoms with Crippen molar-refractivity contribution < 1.29 is 12.8 Å². The Balaban J connectivity index is 2.34.